The normalized spacial score (nSPS) is 10.1. The summed E-state index contributed by atoms with van der Waals surface area (Å²) in [6.07, 6.45) is -0.318. The van der Waals surface area contributed by atoms with Crippen LogP contribution in [-0.4, -0.2) is 36.6 Å². The number of nitrogens with zero attached hydrogens (tertiary/aromatic N) is 1. The molecule has 1 rings (SSSR count). The highest BCUT2D eigenvalue weighted by Gasteiger charge is 2.19. The number of carbonyl (C=O) groups excluding carboxylic acids is 2. The average Bonchev–Trinajstić information content (AvgIpc) is 2.43. The van der Waals surface area contributed by atoms with Crippen molar-refractivity contribution in [1.82, 2.24) is 0 Å². The van der Waals surface area contributed by atoms with Crippen LogP contribution in [0.3, 0.4) is 0 Å². The summed E-state index contributed by atoms with van der Waals surface area (Å²) in [6.45, 7) is 2.78. The number of nitro groups is 1. The Labute approximate surface area is 121 Å². The van der Waals surface area contributed by atoms with E-state index in [1.807, 2.05) is 0 Å². The Kier molecular flexibility index (Phi) is 5.65. The van der Waals surface area contributed by atoms with Crippen LogP contribution >= 0.6 is 0 Å². The summed E-state index contributed by atoms with van der Waals surface area (Å²) in [5.41, 5.74) is 0.0950. The van der Waals surface area contributed by atoms with E-state index in [4.69, 9.17) is 9.47 Å². The van der Waals surface area contributed by atoms with Crippen molar-refractivity contribution < 1.29 is 24.0 Å². The molecule has 0 aliphatic rings. The fraction of sp³-hybridized carbons (Fsp3) is 0.385. The largest absolute Gasteiger partial charge is 0.460 e. The van der Waals surface area contributed by atoms with Gasteiger partial charge in [0, 0.05) is 24.9 Å². The Morgan fingerprint density at radius 2 is 2.05 bits per heavy atom. The van der Waals surface area contributed by atoms with Gasteiger partial charge in [-0.25, -0.2) is 9.59 Å². The highest BCUT2D eigenvalue weighted by atomic mass is 16.6. The average molecular weight is 296 g/mol. The quantitative estimate of drug-likeness (QED) is 0.484. The van der Waals surface area contributed by atoms with Gasteiger partial charge in [-0.3, -0.25) is 10.1 Å². The van der Waals surface area contributed by atoms with Crippen molar-refractivity contribution in [3.8, 4) is 0 Å². The first-order valence-corrected chi connectivity index (χ1v) is 6.18. The molecule has 0 heterocycles. The number of nitro benzene ring substituents is 1. The second kappa shape index (κ2) is 7.22. The van der Waals surface area contributed by atoms with Gasteiger partial charge in [0.05, 0.1) is 16.6 Å². The standard InChI is InChI=1S/C13H16N2O6/c1-8(2)21-12(16)7-20-13(17)10-6-9(15(18)19)4-5-11(10)14-3/h4-6,8,14H,7H2,1-3H3. The van der Waals surface area contributed by atoms with Gasteiger partial charge in [0.1, 0.15) is 0 Å². The number of esters is 2. The number of hydrogen-bond acceptors (Lipinski definition) is 7. The van der Waals surface area contributed by atoms with Crippen molar-refractivity contribution in [2.45, 2.75) is 20.0 Å². The number of nitrogens with one attached hydrogen (secondary N) is 1. The smallest absolute Gasteiger partial charge is 0.344 e. The first-order chi connectivity index (χ1) is 9.85. The molecule has 0 fully saturated rings. The van der Waals surface area contributed by atoms with E-state index in [9.17, 15) is 19.7 Å². The number of benzene rings is 1. The van der Waals surface area contributed by atoms with Crippen molar-refractivity contribution in [2.75, 3.05) is 19.0 Å². The van der Waals surface area contributed by atoms with E-state index in [0.29, 0.717) is 5.69 Å². The van der Waals surface area contributed by atoms with Gasteiger partial charge in [-0.15, -0.1) is 0 Å². The third-order valence-electron chi connectivity index (χ3n) is 2.39. The number of carbonyl (C=O) groups is 2. The molecule has 0 atom stereocenters. The zero-order valence-corrected chi connectivity index (χ0v) is 11.9. The molecule has 0 spiro atoms. The van der Waals surface area contributed by atoms with Crippen molar-refractivity contribution in [1.29, 1.82) is 0 Å². The van der Waals surface area contributed by atoms with E-state index in [2.05, 4.69) is 5.32 Å². The highest BCUT2D eigenvalue weighted by molar-refractivity contribution is 5.97. The predicted molar refractivity (Wildman–Crippen MR) is 74.2 cm³/mol. The fourth-order valence-corrected chi connectivity index (χ4v) is 1.53. The minimum Gasteiger partial charge on any atom is -0.460 e. The summed E-state index contributed by atoms with van der Waals surface area (Å²) in [5.74, 6) is -1.53. The number of rotatable bonds is 6. The minimum absolute atomic E-state index is 0.0240. The van der Waals surface area contributed by atoms with Crippen LogP contribution in [0.5, 0.6) is 0 Å². The van der Waals surface area contributed by atoms with Crippen LogP contribution in [0.25, 0.3) is 0 Å². The Bertz CT molecular complexity index is 556. The predicted octanol–water partition coefficient (Wildman–Crippen LogP) is 1.74. The van der Waals surface area contributed by atoms with Gasteiger partial charge in [0.15, 0.2) is 6.61 Å². The summed E-state index contributed by atoms with van der Waals surface area (Å²) < 4.78 is 9.61. The zero-order chi connectivity index (χ0) is 16.0. The van der Waals surface area contributed by atoms with Gasteiger partial charge in [-0.1, -0.05) is 0 Å². The van der Waals surface area contributed by atoms with Gasteiger partial charge >= 0.3 is 11.9 Å². The molecule has 0 amide bonds. The Balaban J connectivity index is 2.83. The summed E-state index contributed by atoms with van der Waals surface area (Å²) in [4.78, 5) is 33.3. The maximum atomic E-state index is 11.9. The molecular weight excluding hydrogens is 280 g/mol. The Morgan fingerprint density at radius 3 is 2.57 bits per heavy atom. The van der Waals surface area contributed by atoms with E-state index >= 15 is 0 Å². The van der Waals surface area contributed by atoms with Crippen LogP contribution in [0.4, 0.5) is 11.4 Å². The first-order valence-electron chi connectivity index (χ1n) is 6.18. The second-order valence-corrected chi connectivity index (χ2v) is 4.35. The lowest BCUT2D eigenvalue weighted by atomic mass is 10.1. The number of anilines is 1. The summed E-state index contributed by atoms with van der Waals surface area (Å²) in [6, 6.07) is 3.73. The molecule has 0 aliphatic heterocycles. The van der Waals surface area contributed by atoms with Crippen LogP contribution in [0.15, 0.2) is 18.2 Å². The lowest BCUT2D eigenvalue weighted by Gasteiger charge is -2.10. The molecule has 0 radical (unpaired) electrons. The van der Waals surface area contributed by atoms with Gasteiger partial charge in [0.2, 0.25) is 0 Å². The zero-order valence-electron chi connectivity index (χ0n) is 11.9. The van der Waals surface area contributed by atoms with Crippen LogP contribution in [0.2, 0.25) is 0 Å². The highest BCUT2D eigenvalue weighted by Crippen LogP contribution is 2.22. The summed E-state index contributed by atoms with van der Waals surface area (Å²) >= 11 is 0. The molecule has 1 aromatic carbocycles. The fourth-order valence-electron chi connectivity index (χ4n) is 1.53. The Morgan fingerprint density at radius 1 is 1.38 bits per heavy atom. The molecule has 0 aromatic heterocycles. The van der Waals surface area contributed by atoms with E-state index in [-0.39, 0.29) is 17.4 Å². The van der Waals surface area contributed by atoms with Crippen LogP contribution in [0, 0.1) is 10.1 Å². The van der Waals surface area contributed by atoms with E-state index in [0.717, 1.165) is 6.07 Å². The molecule has 0 saturated carbocycles. The van der Waals surface area contributed by atoms with Gasteiger partial charge in [0.25, 0.3) is 5.69 Å². The molecule has 8 heteroatoms. The second-order valence-electron chi connectivity index (χ2n) is 4.35. The number of non-ortho nitro benzene ring substituents is 1. The molecule has 0 unspecified atom stereocenters. The maximum Gasteiger partial charge on any atom is 0.344 e. The topological polar surface area (TPSA) is 108 Å². The molecule has 8 nitrogen and oxygen atoms in total. The summed E-state index contributed by atoms with van der Waals surface area (Å²) in [5, 5.41) is 13.4. The summed E-state index contributed by atoms with van der Waals surface area (Å²) in [7, 11) is 1.56. The molecule has 21 heavy (non-hydrogen) atoms. The van der Waals surface area contributed by atoms with Crippen LogP contribution in [0.1, 0.15) is 24.2 Å². The third-order valence-corrected chi connectivity index (χ3v) is 2.39. The molecule has 0 saturated heterocycles. The molecule has 0 bridgehead atoms. The SMILES string of the molecule is CNc1ccc([N+](=O)[O-])cc1C(=O)OCC(=O)OC(C)C. The molecule has 1 aromatic rings. The van der Waals surface area contributed by atoms with E-state index in [1.165, 1.54) is 12.1 Å². The van der Waals surface area contributed by atoms with Gasteiger partial charge in [-0.2, -0.15) is 0 Å². The van der Waals surface area contributed by atoms with Gasteiger partial charge < -0.3 is 14.8 Å². The van der Waals surface area contributed by atoms with Crippen molar-refractivity contribution in [2.24, 2.45) is 0 Å². The van der Waals surface area contributed by atoms with Crippen molar-refractivity contribution >= 4 is 23.3 Å². The van der Waals surface area contributed by atoms with E-state index in [1.54, 1.807) is 20.9 Å². The monoisotopic (exact) mass is 296 g/mol. The molecule has 1 N–H and O–H groups in total. The molecule has 114 valence electrons. The van der Waals surface area contributed by atoms with E-state index < -0.39 is 23.5 Å². The Hall–Kier alpha value is -2.64. The molecule has 0 aliphatic carbocycles. The van der Waals surface area contributed by atoms with Crippen LogP contribution < -0.4 is 5.32 Å². The number of ether oxygens (including phenoxy) is 2. The minimum atomic E-state index is -0.844. The lowest BCUT2D eigenvalue weighted by Crippen LogP contribution is -2.20. The van der Waals surface area contributed by atoms with Crippen molar-refractivity contribution in [3.63, 3.8) is 0 Å². The van der Waals surface area contributed by atoms with Gasteiger partial charge in [-0.05, 0) is 19.9 Å². The molecular formula is C13H16N2O6. The third kappa shape index (κ3) is 4.75. The number of hydrogen-bond donors (Lipinski definition) is 1. The van der Waals surface area contributed by atoms with Crippen molar-refractivity contribution in [3.05, 3.63) is 33.9 Å². The maximum absolute atomic E-state index is 11.9. The van der Waals surface area contributed by atoms with Crippen LogP contribution in [-0.2, 0) is 14.3 Å². The first kappa shape index (κ1) is 16.4. The lowest BCUT2D eigenvalue weighted by molar-refractivity contribution is -0.384.